The number of amides is 2. The number of nitrogens with zero attached hydrogens (tertiary/aromatic N) is 1. The zero-order chi connectivity index (χ0) is 20.4. The van der Waals surface area contributed by atoms with Crippen LogP contribution in [0.1, 0.15) is 31.8 Å². The minimum atomic E-state index is -0.285. The van der Waals surface area contributed by atoms with Gasteiger partial charge >= 0.3 is 0 Å². The molecule has 0 atom stereocenters. The largest absolute Gasteiger partial charge is 0.497 e. The molecule has 0 aromatic heterocycles. The summed E-state index contributed by atoms with van der Waals surface area (Å²) in [6.45, 7) is 0.759. The molecule has 1 aliphatic rings. The number of methoxy groups -OCH3 is 1. The number of ether oxygens (including phenoxy) is 1. The van der Waals surface area contributed by atoms with Crippen molar-refractivity contribution in [2.75, 3.05) is 12.0 Å². The third kappa shape index (κ3) is 3.82. The van der Waals surface area contributed by atoms with Crippen molar-refractivity contribution in [2.24, 2.45) is 0 Å². The van der Waals surface area contributed by atoms with Gasteiger partial charge in [-0.05, 0) is 53.6 Å². The van der Waals surface area contributed by atoms with Gasteiger partial charge in [0.2, 0.25) is 0 Å². The van der Waals surface area contributed by atoms with E-state index in [-0.39, 0.29) is 11.8 Å². The zero-order valence-electron chi connectivity index (χ0n) is 15.8. The van der Waals surface area contributed by atoms with Gasteiger partial charge in [-0.1, -0.05) is 35.9 Å². The summed E-state index contributed by atoms with van der Waals surface area (Å²) >= 11 is 6.00. The first-order chi connectivity index (χ1) is 14.1. The van der Waals surface area contributed by atoms with Gasteiger partial charge in [0.15, 0.2) is 0 Å². The van der Waals surface area contributed by atoms with Crippen LogP contribution in [0.2, 0.25) is 5.02 Å². The minimum Gasteiger partial charge on any atom is -0.497 e. The van der Waals surface area contributed by atoms with E-state index in [0.29, 0.717) is 29.2 Å². The lowest BCUT2D eigenvalue weighted by atomic mass is 10.0. The third-order valence-corrected chi connectivity index (χ3v) is 5.14. The number of rotatable bonds is 5. The van der Waals surface area contributed by atoms with Gasteiger partial charge in [0.25, 0.3) is 11.8 Å². The standard InChI is InChI=1S/C23H19ClN2O3/c1-29-19-10-8-18(9-11-19)26-14-16-5-3-7-20(21(16)23(26)28)22(27)25-13-15-4-2-6-17(24)12-15/h2-12H,13-14H2,1H3,(H,25,27). The van der Waals surface area contributed by atoms with Crippen molar-refractivity contribution in [3.63, 3.8) is 0 Å². The monoisotopic (exact) mass is 406 g/mol. The Hall–Kier alpha value is -3.31. The van der Waals surface area contributed by atoms with E-state index in [1.165, 1.54) is 0 Å². The highest BCUT2D eigenvalue weighted by Crippen LogP contribution is 2.31. The van der Waals surface area contributed by atoms with Gasteiger partial charge in [-0.25, -0.2) is 0 Å². The Kier molecular flexibility index (Phi) is 5.23. The summed E-state index contributed by atoms with van der Waals surface area (Å²) in [5.41, 5.74) is 3.32. The minimum absolute atomic E-state index is 0.182. The lowest BCUT2D eigenvalue weighted by molar-refractivity contribution is 0.0934. The lowest BCUT2D eigenvalue weighted by Crippen LogP contribution is -2.27. The lowest BCUT2D eigenvalue weighted by Gasteiger charge is -2.16. The third-order valence-electron chi connectivity index (χ3n) is 4.91. The van der Waals surface area contributed by atoms with E-state index in [1.807, 2.05) is 42.5 Å². The number of nitrogens with one attached hydrogen (secondary N) is 1. The van der Waals surface area contributed by atoms with Crippen LogP contribution in [0.25, 0.3) is 0 Å². The number of hydrogen-bond donors (Lipinski definition) is 1. The highest BCUT2D eigenvalue weighted by Gasteiger charge is 2.32. The number of carbonyl (C=O) groups excluding carboxylic acids is 2. The molecule has 0 aliphatic carbocycles. The molecule has 0 fully saturated rings. The number of fused-ring (bicyclic) bond motifs is 1. The first-order valence-corrected chi connectivity index (χ1v) is 9.55. The molecule has 29 heavy (non-hydrogen) atoms. The molecule has 0 radical (unpaired) electrons. The summed E-state index contributed by atoms with van der Waals surface area (Å²) in [7, 11) is 1.60. The number of halogens is 1. The number of carbonyl (C=O) groups is 2. The van der Waals surface area contributed by atoms with Crippen LogP contribution < -0.4 is 15.0 Å². The number of anilines is 1. The van der Waals surface area contributed by atoms with Crippen LogP contribution >= 0.6 is 11.6 Å². The molecule has 1 N–H and O–H groups in total. The van der Waals surface area contributed by atoms with E-state index < -0.39 is 0 Å². The second kappa shape index (κ2) is 7.97. The van der Waals surface area contributed by atoms with Crippen LogP contribution in [0, 0.1) is 0 Å². The molecule has 1 heterocycles. The quantitative estimate of drug-likeness (QED) is 0.681. The van der Waals surface area contributed by atoms with Gasteiger partial charge < -0.3 is 15.0 Å². The average molecular weight is 407 g/mol. The SMILES string of the molecule is COc1ccc(N2Cc3cccc(C(=O)NCc4cccc(Cl)c4)c3C2=O)cc1. The van der Waals surface area contributed by atoms with Crippen molar-refractivity contribution in [3.05, 3.63) is 94.0 Å². The molecule has 146 valence electrons. The van der Waals surface area contributed by atoms with Gasteiger partial charge in [0.1, 0.15) is 5.75 Å². The van der Waals surface area contributed by atoms with Crippen LogP contribution in [-0.4, -0.2) is 18.9 Å². The van der Waals surface area contributed by atoms with E-state index in [4.69, 9.17) is 16.3 Å². The normalized spacial score (nSPS) is 12.6. The summed E-state index contributed by atoms with van der Waals surface area (Å²) in [5.74, 6) is 0.254. The first kappa shape index (κ1) is 19.0. The van der Waals surface area contributed by atoms with E-state index in [0.717, 1.165) is 22.6 Å². The summed E-state index contributed by atoms with van der Waals surface area (Å²) in [6.07, 6.45) is 0. The van der Waals surface area contributed by atoms with Gasteiger partial charge in [0, 0.05) is 17.3 Å². The molecule has 0 bridgehead atoms. The van der Waals surface area contributed by atoms with Gasteiger partial charge in [-0.3, -0.25) is 9.59 Å². The summed E-state index contributed by atoms with van der Waals surface area (Å²) in [6, 6.07) is 20.0. The van der Waals surface area contributed by atoms with Gasteiger partial charge in [0.05, 0.1) is 24.8 Å². The Morgan fingerprint density at radius 2 is 1.86 bits per heavy atom. The summed E-state index contributed by atoms with van der Waals surface area (Å²) < 4.78 is 5.18. The van der Waals surface area contributed by atoms with E-state index in [2.05, 4.69) is 5.32 Å². The number of hydrogen-bond acceptors (Lipinski definition) is 3. The molecule has 2 amide bonds. The molecule has 3 aromatic rings. The Morgan fingerprint density at radius 3 is 2.59 bits per heavy atom. The highest BCUT2D eigenvalue weighted by atomic mass is 35.5. The maximum Gasteiger partial charge on any atom is 0.259 e. The molecule has 0 unspecified atom stereocenters. The first-order valence-electron chi connectivity index (χ1n) is 9.17. The molecule has 0 spiro atoms. The van der Waals surface area contributed by atoms with E-state index in [1.54, 1.807) is 36.3 Å². The smallest absolute Gasteiger partial charge is 0.259 e. The predicted molar refractivity (Wildman–Crippen MR) is 113 cm³/mol. The summed E-state index contributed by atoms with van der Waals surface area (Å²) in [5, 5.41) is 3.49. The highest BCUT2D eigenvalue weighted by molar-refractivity contribution is 6.30. The van der Waals surface area contributed by atoms with Gasteiger partial charge in [-0.15, -0.1) is 0 Å². The predicted octanol–water partition coefficient (Wildman–Crippen LogP) is 4.44. The van der Waals surface area contributed by atoms with Crippen LogP contribution in [0.5, 0.6) is 5.75 Å². The van der Waals surface area contributed by atoms with Crippen LogP contribution in [0.4, 0.5) is 5.69 Å². The molecule has 0 saturated heterocycles. The number of benzene rings is 3. The second-order valence-corrected chi connectivity index (χ2v) is 7.18. The fourth-order valence-corrected chi connectivity index (χ4v) is 3.66. The van der Waals surface area contributed by atoms with Crippen molar-refractivity contribution in [1.29, 1.82) is 0 Å². The zero-order valence-corrected chi connectivity index (χ0v) is 16.6. The summed E-state index contributed by atoms with van der Waals surface area (Å²) in [4.78, 5) is 27.6. The Bertz CT molecular complexity index is 1080. The van der Waals surface area contributed by atoms with Crippen molar-refractivity contribution >= 4 is 29.1 Å². The molecule has 3 aromatic carbocycles. The molecule has 4 rings (SSSR count). The average Bonchev–Trinajstić information content (AvgIpc) is 3.09. The molecule has 1 aliphatic heterocycles. The Morgan fingerprint density at radius 1 is 1.10 bits per heavy atom. The van der Waals surface area contributed by atoms with Crippen LogP contribution in [-0.2, 0) is 13.1 Å². The fraction of sp³-hybridized carbons (Fsp3) is 0.130. The topological polar surface area (TPSA) is 58.6 Å². The maximum absolute atomic E-state index is 13.1. The Balaban J connectivity index is 1.55. The Labute approximate surface area is 173 Å². The fourth-order valence-electron chi connectivity index (χ4n) is 3.45. The van der Waals surface area contributed by atoms with Crippen molar-refractivity contribution in [1.82, 2.24) is 5.32 Å². The van der Waals surface area contributed by atoms with Crippen LogP contribution in [0.15, 0.2) is 66.7 Å². The van der Waals surface area contributed by atoms with Crippen LogP contribution in [0.3, 0.4) is 0 Å². The van der Waals surface area contributed by atoms with E-state index >= 15 is 0 Å². The van der Waals surface area contributed by atoms with Crippen molar-refractivity contribution in [2.45, 2.75) is 13.1 Å². The van der Waals surface area contributed by atoms with Gasteiger partial charge in [-0.2, -0.15) is 0 Å². The van der Waals surface area contributed by atoms with Crippen molar-refractivity contribution in [3.8, 4) is 5.75 Å². The molecule has 5 nitrogen and oxygen atoms in total. The second-order valence-electron chi connectivity index (χ2n) is 6.74. The molecule has 6 heteroatoms. The van der Waals surface area contributed by atoms with E-state index in [9.17, 15) is 9.59 Å². The molecular weight excluding hydrogens is 388 g/mol. The van der Waals surface area contributed by atoms with Crippen molar-refractivity contribution < 1.29 is 14.3 Å². The molecule has 0 saturated carbocycles. The molecular formula is C23H19ClN2O3. The maximum atomic E-state index is 13.1.